The summed E-state index contributed by atoms with van der Waals surface area (Å²) < 4.78 is 16.2. The van der Waals surface area contributed by atoms with E-state index in [1.165, 1.54) is 14.0 Å². The number of aliphatic hydroxyl groups excluding tert-OH is 1. The molecule has 0 bridgehead atoms. The van der Waals surface area contributed by atoms with Crippen LogP contribution in [-0.4, -0.2) is 42.1 Å². The van der Waals surface area contributed by atoms with E-state index >= 15 is 0 Å². The fraction of sp³-hybridized carbons (Fsp3) is 0.552. The first-order valence-electron chi connectivity index (χ1n) is 12.4. The number of hydrogen-bond acceptors (Lipinski definition) is 7. The zero-order valence-electron chi connectivity index (χ0n) is 21.9. The minimum absolute atomic E-state index is 0.00327. The van der Waals surface area contributed by atoms with Crippen molar-refractivity contribution < 1.29 is 33.4 Å². The van der Waals surface area contributed by atoms with Crippen molar-refractivity contribution in [3.63, 3.8) is 0 Å². The Morgan fingerprint density at radius 1 is 1.25 bits per heavy atom. The fourth-order valence-corrected chi connectivity index (χ4v) is 7.21. The summed E-state index contributed by atoms with van der Waals surface area (Å²) in [5, 5.41) is 12.0. The topological polar surface area (TPSA) is 103 Å². The summed E-state index contributed by atoms with van der Waals surface area (Å²) in [5.74, 6) is -2.19. The van der Waals surface area contributed by atoms with Crippen molar-refractivity contribution in [2.45, 2.75) is 65.6 Å². The van der Waals surface area contributed by atoms with Gasteiger partial charge in [0.1, 0.15) is 12.2 Å². The Bertz CT molecular complexity index is 1140. The molecule has 1 saturated carbocycles. The van der Waals surface area contributed by atoms with Crippen LogP contribution in [0.4, 0.5) is 0 Å². The largest absolute Gasteiger partial charge is 0.472 e. The van der Waals surface area contributed by atoms with Crippen LogP contribution in [0.2, 0.25) is 0 Å². The molecule has 7 heteroatoms. The van der Waals surface area contributed by atoms with Crippen molar-refractivity contribution in [2.24, 2.45) is 28.1 Å². The maximum atomic E-state index is 13.0. The van der Waals surface area contributed by atoms with Gasteiger partial charge in [0, 0.05) is 35.0 Å². The number of fused-ring (bicyclic) bond motifs is 1. The van der Waals surface area contributed by atoms with Crippen LogP contribution in [0.3, 0.4) is 0 Å². The van der Waals surface area contributed by atoms with E-state index in [9.17, 15) is 19.5 Å². The Morgan fingerprint density at radius 3 is 2.53 bits per heavy atom. The van der Waals surface area contributed by atoms with Crippen molar-refractivity contribution in [3.8, 4) is 0 Å². The van der Waals surface area contributed by atoms with Gasteiger partial charge in [-0.1, -0.05) is 46.4 Å². The van der Waals surface area contributed by atoms with Crippen molar-refractivity contribution in [1.82, 2.24) is 0 Å². The highest BCUT2D eigenvalue weighted by molar-refractivity contribution is 5.96. The number of aliphatic hydroxyl groups is 1. The number of allylic oxidation sites excluding steroid dienone is 3. The van der Waals surface area contributed by atoms with Gasteiger partial charge in [-0.05, 0) is 41.2 Å². The van der Waals surface area contributed by atoms with Crippen LogP contribution in [0.25, 0.3) is 0 Å². The lowest BCUT2D eigenvalue weighted by molar-refractivity contribution is -0.175. The van der Waals surface area contributed by atoms with Gasteiger partial charge in [-0.3, -0.25) is 14.4 Å². The van der Waals surface area contributed by atoms with Gasteiger partial charge < -0.3 is 19.0 Å². The Morgan fingerprint density at radius 2 is 1.94 bits per heavy atom. The molecule has 194 valence electrons. The first kappa shape index (κ1) is 26.1. The molecule has 1 N–H and O–H groups in total. The third kappa shape index (κ3) is 3.71. The highest BCUT2D eigenvalue weighted by Crippen LogP contribution is 2.64. The van der Waals surface area contributed by atoms with Crippen LogP contribution in [0, 0.1) is 28.1 Å². The zero-order chi connectivity index (χ0) is 26.6. The summed E-state index contributed by atoms with van der Waals surface area (Å²) in [6.07, 6.45) is 7.40. The molecule has 0 aliphatic heterocycles. The van der Waals surface area contributed by atoms with Gasteiger partial charge in [-0.2, -0.15) is 0 Å². The number of ether oxygens (including phenoxy) is 2. The number of ketones is 1. The first-order chi connectivity index (χ1) is 16.8. The molecule has 4 rings (SSSR count). The lowest BCUT2D eigenvalue weighted by Crippen LogP contribution is -2.60. The summed E-state index contributed by atoms with van der Waals surface area (Å²) in [6.45, 7) is 13.4. The maximum absolute atomic E-state index is 13.0. The first-order valence-corrected chi connectivity index (χ1v) is 12.4. The molecule has 1 fully saturated rings. The molecule has 0 aromatic carbocycles. The molecule has 0 saturated heterocycles. The highest BCUT2D eigenvalue weighted by atomic mass is 16.6. The number of carbonyl (C=O) groups excluding carboxylic acids is 3. The summed E-state index contributed by atoms with van der Waals surface area (Å²) >= 11 is 0. The lowest BCUT2D eigenvalue weighted by atomic mass is 9.47. The molecule has 36 heavy (non-hydrogen) atoms. The van der Waals surface area contributed by atoms with Crippen LogP contribution >= 0.6 is 0 Å². The molecule has 7 nitrogen and oxygen atoms in total. The summed E-state index contributed by atoms with van der Waals surface area (Å²) in [5.41, 5.74) is 0.0980. The van der Waals surface area contributed by atoms with Gasteiger partial charge in [0.25, 0.3) is 0 Å². The van der Waals surface area contributed by atoms with Gasteiger partial charge in [0.15, 0.2) is 5.78 Å². The summed E-state index contributed by atoms with van der Waals surface area (Å²) in [7, 11) is 1.32. The van der Waals surface area contributed by atoms with Gasteiger partial charge in [-0.25, -0.2) is 0 Å². The summed E-state index contributed by atoms with van der Waals surface area (Å²) in [4.78, 5) is 37.8. The SMILES string of the molecule is C=C1C2=CC[C@@H](c3ccoc3)[C@]2(C)[C@@H](O)[C@H](OC(C)=O)[C@@H]1[C@@]1(C)C=CC(=O)C(C)(C)[C@@H]1CC(=O)OC. The molecule has 0 radical (unpaired) electrons. The number of carbonyl (C=O) groups is 3. The molecule has 1 heterocycles. The van der Waals surface area contributed by atoms with E-state index in [1.807, 2.05) is 33.8 Å². The average Bonchev–Trinajstić information content (AvgIpc) is 3.46. The van der Waals surface area contributed by atoms with Crippen LogP contribution in [0.1, 0.15) is 58.9 Å². The van der Waals surface area contributed by atoms with Gasteiger partial charge in [0.2, 0.25) is 0 Å². The van der Waals surface area contributed by atoms with Gasteiger partial charge >= 0.3 is 11.9 Å². The Labute approximate surface area is 212 Å². The van der Waals surface area contributed by atoms with E-state index < -0.39 is 52.2 Å². The number of hydrogen-bond donors (Lipinski definition) is 1. The average molecular weight is 497 g/mol. The number of rotatable bonds is 5. The van der Waals surface area contributed by atoms with E-state index in [4.69, 9.17) is 13.9 Å². The normalized spacial score (nSPS) is 37.3. The van der Waals surface area contributed by atoms with Crippen LogP contribution in [0.5, 0.6) is 0 Å². The second kappa shape index (κ2) is 8.87. The maximum Gasteiger partial charge on any atom is 0.305 e. The highest BCUT2D eigenvalue weighted by Gasteiger charge is 2.64. The van der Waals surface area contributed by atoms with Crippen LogP contribution in [-0.2, 0) is 23.9 Å². The van der Waals surface area contributed by atoms with Gasteiger partial charge in [-0.15, -0.1) is 0 Å². The molecule has 3 aliphatic carbocycles. The molecular formula is C29H36O7. The quantitative estimate of drug-likeness (QED) is 0.598. The Kier molecular flexibility index (Phi) is 6.44. The third-order valence-electron chi connectivity index (χ3n) is 9.20. The predicted molar refractivity (Wildman–Crippen MR) is 133 cm³/mol. The molecule has 1 aromatic heterocycles. The lowest BCUT2D eigenvalue weighted by Gasteiger charge is -2.57. The summed E-state index contributed by atoms with van der Waals surface area (Å²) in [6, 6.07) is 1.89. The minimum atomic E-state index is -1.06. The van der Waals surface area contributed by atoms with E-state index in [1.54, 1.807) is 24.7 Å². The van der Waals surface area contributed by atoms with E-state index in [-0.39, 0.29) is 18.1 Å². The molecule has 0 spiro atoms. The third-order valence-corrected chi connectivity index (χ3v) is 9.20. The molecule has 0 unspecified atom stereocenters. The minimum Gasteiger partial charge on any atom is -0.472 e. The number of esters is 2. The van der Waals surface area contributed by atoms with E-state index in [2.05, 4.69) is 12.7 Å². The predicted octanol–water partition coefficient (Wildman–Crippen LogP) is 4.53. The van der Waals surface area contributed by atoms with Crippen molar-refractivity contribution in [2.75, 3.05) is 7.11 Å². The Hall–Kier alpha value is -2.93. The Balaban J connectivity index is 1.87. The number of methoxy groups -OCH3 is 1. The smallest absolute Gasteiger partial charge is 0.305 e. The van der Waals surface area contributed by atoms with Crippen molar-refractivity contribution in [1.29, 1.82) is 0 Å². The van der Waals surface area contributed by atoms with Crippen molar-refractivity contribution >= 4 is 17.7 Å². The standard InChI is InChI=1S/C29H36O7/c1-16-19-8-9-20(18-11-13-35-15-18)29(19,6)26(33)25(36-17(2)30)24(16)28(5)12-10-22(31)27(3,4)21(28)14-23(32)34-7/h8,10-13,15,20-21,24-26,33H,1,9,14H2,2-7H3/t20-,21-,24+,25+,26-,28-,29+/m0/s1. The second-order valence-corrected chi connectivity index (χ2v) is 11.4. The van der Waals surface area contributed by atoms with E-state index in [0.29, 0.717) is 6.42 Å². The zero-order valence-corrected chi connectivity index (χ0v) is 21.9. The molecular weight excluding hydrogens is 460 g/mol. The fourth-order valence-electron chi connectivity index (χ4n) is 7.21. The van der Waals surface area contributed by atoms with Crippen LogP contribution < -0.4 is 0 Å². The number of furan rings is 1. The molecule has 1 aromatic rings. The molecule has 3 aliphatic rings. The van der Waals surface area contributed by atoms with Crippen molar-refractivity contribution in [3.05, 3.63) is 60.1 Å². The van der Waals surface area contributed by atoms with Gasteiger partial charge in [0.05, 0.1) is 26.1 Å². The molecule has 0 amide bonds. The second-order valence-electron chi connectivity index (χ2n) is 11.4. The molecule has 7 atom stereocenters. The van der Waals surface area contributed by atoms with E-state index in [0.717, 1.165) is 16.7 Å². The monoisotopic (exact) mass is 496 g/mol. The van der Waals surface area contributed by atoms with Crippen LogP contribution in [0.15, 0.2) is 59.0 Å².